The van der Waals surface area contributed by atoms with E-state index in [4.69, 9.17) is 11.0 Å². The largest absolute Gasteiger partial charge is 0.398 e. The summed E-state index contributed by atoms with van der Waals surface area (Å²) in [4.78, 5) is 2.04. The van der Waals surface area contributed by atoms with Gasteiger partial charge in [-0.1, -0.05) is 18.2 Å². The third-order valence-electron chi connectivity index (χ3n) is 3.77. The van der Waals surface area contributed by atoms with E-state index >= 15 is 0 Å². The average molecular weight is 281 g/mol. The summed E-state index contributed by atoms with van der Waals surface area (Å²) in [6, 6.07) is 14.6. The summed E-state index contributed by atoms with van der Waals surface area (Å²) < 4.78 is 14.3. The van der Waals surface area contributed by atoms with Crippen molar-refractivity contribution in [3.05, 3.63) is 59.4 Å². The summed E-state index contributed by atoms with van der Waals surface area (Å²) in [5.41, 5.74) is 8.58. The zero-order valence-corrected chi connectivity index (χ0v) is 11.6. The Morgan fingerprint density at radius 2 is 2.00 bits per heavy atom. The average Bonchev–Trinajstić information content (AvgIpc) is 3.31. The molecule has 0 atom stereocenters. The Bertz CT molecular complexity index is 701. The van der Waals surface area contributed by atoms with E-state index in [0.717, 1.165) is 24.1 Å². The number of rotatable bonds is 4. The smallest absolute Gasteiger partial charge is 0.147 e. The van der Waals surface area contributed by atoms with Crippen molar-refractivity contribution in [2.75, 3.05) is 10.6 Å². The fraction of sp³-hybridized carbons (Fsp3) is 0.235. The first-order chi connectivity index (χ1) is 10.2. The molecule has 2 aromatic carbocycles. The molecule has 1 aliphatic rings. The molecule has 0 radical (unpaired) electrons. The van der Waals surface area contributed by atoms with Crippen LogP contribution in [-0.2, 0) is 6.54 Å². The van der Waals surface area contributed by atoms with Gasteiger partial charge in [-0.3, -0.25) is 0 Å². The lowest BCUT2D eigenvalue weighted by atomic mass is 10.1. The second kappa shape index (κ2) is 5.45. The molecule has 2 N–H and O–H groups in total. The van der Waals surface area contributed by atoms with Crippen molar-refractivity contribution in [2.24, 2.45) is 0 Å². The Kier molecular flexibility index (Phi) is 3.49. The first-order valence-electron chi connectivity index (χ1n) is 6.98. The zero-order valence-electron chi connectivity index (χ0n) is 11.6. The van der Waals surface area contributed by atoms with Crippen LogP contribution < -0.4 is 10.6 Å². The van der Waals surface area contributed by atoms with Crippen molar-refractivity contribution in [2.45, 2.75) is 25.4 Å². The lowest BCUT2D eigenvalue weighted by Gasteiger charge is -2.26. The summed E-state index contributed by atoms with van der Waals surface area (Å²) in [7, 11) is 0. The highest BCUT2D eigenvalue weighted by Gasteiger charge is 2.31. The fourth-order valence-electron chi connectivity index (χ4n) is 2.47. The number of nitriles is 1. The highest BCUT2D eigenvalue weighted by molar-refractivity contribution is 5.56. The van der Waals surface area contributed by atoms with Crippen molar-refractivity contribution in [3.63, 3.8) is 0 Å². The van der Waals surface area contributed by atoms with Gasteiger partial charge in [0.2, 0.25) is 0 Å². The minimum Gasteiger partial charge on any atom is -0.398 e. The molecule has 0 saturated heterocycles. The number of nitrogen functional groups attached to an aromatic ring is 1. The van der Waals surface area contributed by atoms with Gasteiger partial charge in [0.05, 0.1) is 17.3 Å². The Balaban J connectivity index is 1.92. The van der Waals surface area contributed by atoms with E-state index in [1.807, 2.05) is 35.2 Å². The Hall–Kier alpha value is -2.54. The Morgan fingerprint density at radius 1 is 1.24 bits per heavy atom. The SMILES string of the molecule is N#Cc1ccc(N(Cc2ccccc2N)C2CC2)c(F)c1. The van der Waals surface area contributed by atoms with Crippen LogP contribution in [-0.4, -0.2) is 6.04 Å². The number of nitrogens with zero attached hydrogens (tertiary/aromatic N) is 2. The van der Waals surface area contributed by atoms with E-state index in [1.165, 1.54) is 6.07 Å². The molecule has 4 heteroatoms. The van der Waals surface area contributed by atoms with Gasteiger partial charge in [0.15, 0.2) is 0 Å². The molecule has 1 saturated carbocycles. The van der Waals surface area contributed by atoms with Crippen molar-refractivity contribution in [1.29, 1.82) is 5.26 Å². The third-order valence-corrected chi connectivity index (χ3v) is 3.77. The van der Waals surface area contributed by atoms with E-state index in [0.29, 0.717) is 23.8 Å². The van der Waals surface area contributed by atoms with Crippen LogP contribution in [0.5, 0.6) is 0 Å². The van der Waals surface area contributed by atoms with E-state index < -0.39 is 0 Å². The zero-order chi connectivity index (χ0) is 14.8. The Morgan fingerprint density at radius 3 is 2.62 bits per heavy atom. The van der Waals surface area contributed by atoms with Gasteiger partial charge < -0.3 is 10.6 Å². The minimum atomic E-state index is -0.351. The molecular weight excluding hydrogens is 265 g/mol. The van der Waals surface area contributed by atoms with Crippen LogP contribution in [0.25, 0.3) is 0 Å². The summed E-state index contributed by atoms with van der Waals surface area (Å²) in [5.74, 6) is -0.351. The molecule has 3 nitrogen and oxygen atoms in total. The highest BCUT2D eigenvalue weighted by Crippen LogP contribution is 2.35. The number of benzene rings is 2. The van der Waals surface area contributed by atoms with Gasteiger partial charge in [0.1, 0.15) is 5.82 Å². The van der Waals surface area contributed by atoms with Crippen LogP contribution in [0.3, 0.4) is 0 Å². The molecule has 21 heavy (non-hydrogen) atoms. The van der Waals surface area contributed by atoms with Crippen LogP contribution in [0.15, 0.2) is 42.5 Å². The first kappa shape index (κ1) is 13.4. The third kappa shape index (κ3) is 2.82. The van der Waals surface area contributed by atoms with Crippen LogP contribution in [0, 0.1) is 17.1 Å². The summed E-state index contributed by atoms with van der Waals surface area (Å²) in [5, 5.41) is 8.84. The second-order valence-corrected chi connectivity index (χ2v) is 5.34. The summed E-state index contributed by atoms with van der Waals surface area (Å²) in [6.07, 6.45) is 2.12. The van der Waals surface area contributed by atoms with Gasteiger partial charge in [0, 0.05) is 18.3 Å². The minimum absolute atomic E-state index is 0.339. The molecule has 0 bridgehead atoms. The first-order valence-corrected chi connectivity index (χ1v) is 6.98. The van der Waals surface area contributed by atoms with Gasteiger partial charge in [-0.15, -0.1) is 0 Å². The molecular formula is C17H16FN3. The lowest BCUT2D eigenvalue weighted by Crippen LogP contribution is -2.26. The van der Waals surface area contributed by atoms with Gasteiger partial charge in [0.25, 0.3) is 0 Å². The molecule has 106 valence electrons. The monoisotopic (exact) mass is 281 g/mol. The van der Waals surface area contributed by atoms with Crippen molar-refractivity contribution in [3.8, 4) is 6.07 Å². The predicted molar refractivity (Wildman–Crippen MR) is 81.2 cm³/mol. The van der Waals surface area contributed by atoms with Gasteiger partial charge in [-0.05, 0) is 42.7 Å². The molecule has 0 aliphatic heterocycles. The fourth-order valence-corrected chi connectivity index (χ4v) is 2.47. The van der Waals surface area contributed by atoms with E-state index in [9.17, 15) is 4.39 Å². The summed E-state index contributed by atoms with van der Waals surface area (Å²) in [6.45, 7) is 0.583. The van der Waals surface area contributed by atoms with Crippen molar-refractivity contribution >= 4 is 11.4 Å². The second-order valence-electron chi connectivity index (χ2n) is 5.34. The number of hydrogen-bond acceptors (Lipinski definition) is 3. The predicted octanol–water partition coefficient (Wildman–Crippen LogP) is 3.45. The van der Waals surface area contributed by atoms with Crippen molar-refractivity contribution in [1.82, 2.24) is 0 Å². The maximum absolute atomic E-state index is 14.3. The normalized spacial score (nSPS) is 13.7. The quantitative estimate of drug-likeness (QED) is 0.873. The number of hydrogen-bond donors (Lipinski definition) is 1. The van der Waals surface area contributed by atoms with E-state index in [-0.39, 0.29) is 5.82 Å². The summed E-state index contributed by atoms with van der Waals surface area (Å²) >= 11 is 0. The molecule has 0 heterocycles. The number of nitrogens with two attached hydrogens (primary N) is 1. The van der Waals surface area contributed by atoms with Crippen LogP contribution >= 0.6 is 0 Å². The number of para-hydroxylation sites is 1. The molecule has 1 aliphatic carbocycles. The van der Waals surface area contributed by atoms with Gasteiger partial charge in [-0.2, -0.15) is 5.26 Å². The Labute approximate surface area is 123 Å². The van der Waals surface area contributed by atoms with Crippen molar-refractivity contribution < 1.29 is 4.39 Å². The molecule has 0 unspecified atom stereocenters. The number of halogens is 1. The maximum atomic E-state index is 14.3. The lowest BCUT2D eigenvalue weighted by molar-refractivity contribution is 0.614. The standard InChI is InChI=1S/C17H16FN3/c18-15-9-12(10-19)5-8-17(15)21(14-6-7-14)11-13-3-1-2-4-16(13)20/h1-5,8-9,14H,6-7,11,20H2. The van der Waals surface area contributed by atoms with Crippen LogP contribution in [0.2, 0.25) is 0 Å². The van der Waals surface area contributed by atoms with Crippen LogP contribution in [0.1, 0.15) is 24.0 Å². The number of anilines is 2. The van der Waals surface area contributed by atoms with Gasteiger partial charge >= 0.3 is 0 Å². The molecule has 2 aromatic rings. The van der Waals surface area contributed by atoms with Crippen LogP contribution in [0.4, 0.5) is 15.8 Å². The molecule has 1 fully saturated rings. The molecule has 0 aromatic heterocycles. The molecule has 0 spiro atoms. The van der Waals surface area contributed by atoms with Gasteiger partial charge in [-0.25, -0.2) is 4.39 Å². The molecule has 3 rings (SSSR count). The molecule has 0 amide bonds. The maximum Gasteiger partial charge on any atom is 0.147 e. The topological polar surface area (TPSA) is 53.0 Å². The highest BCUT2D eigenvalue weighted by atomic mass is 19.1. The van der Waals surface area contributed by atoms with E-state index in [1.54, 1.807) is 12.1 Å². The van der Waals surface area contributed by atoms with E-state index in [2.05, 4.69) is 0 Å².